The number of hydrogen-bond acceptors (Lipinski definition) is 4. The Labute approximate surface area is 101 Å². The van der Waals surface area contributed by atoms with E-state index in [0.29, 0.717) is 17.1 Å². The van der Waals surface area contributed by atoms with Crippen LogP contribution in [0.1, 0.15) is 23.7 Å². The molecule has 0 saturated carbocycles. The molecule has 0 spiro atoms. The number of para-hydroxylation sites is 1. The van der Waals surface area contributed by atoms with Gasteiger partial charge in [0, 0.05) is 12.3 Å². The number of nitrogens with zero attached hydrogens (tertiary/aromatic N) is 1. The van der Waals surface area contributed by atoms with Crippen molar-refractivity contribution in [3.05, 3.63) is 23.8 Å². The van der Waals surface area contributed by atoms with Gasteiger partial charge >= 0.3 is 0 Å². The molecular weight excluding hydrogens is 218 g/mol. The summed E-state index contributed by atoms with van der Waals surface area (Å²) in [7, 11) is 3.01. The Bertz CT molecular complexity index is 448. The van der Waals surface area contributed by atoms with E-state index in [9.17, 15) is 4.79 Å². The van der Waals surface area contributed by atoms with Gasteiger partial charge in [-0.3, -0.25) is 4.79 Å². The van der Waals surface area contributed by atoms with E-state index in [1.807, 2.05) is 6.07 Å². The van der Waals surface area contributed by atoms with Crippen LogP contribution in [0.3, 0.4) is 0 Å². The van der Waals surface area contributed by atoms with Crippen molar-refractivity contribution in [2.75, 3.05) is 14.2 Å². The first-order chi connectivity index (χ1) is 8.15. The summed E-state index contributed by atoms with van der Waals surface area (Å²) in [6.45, 7) is 1.73. The third-order valence-electron chi connectivity index (χ3n) is 2.51. The molecule has 0 aliphatic rings. The number of rotatable bonds is 5. The average Bonchev–Trinajstić information content (AvgIpc) is 2.36. The van der Waals surface area contributed by atoms with Gasteiger partial charge in [-0.2, -0.15) is 5.26 Å². The van der Waals surface area contributed by atoms with Gasteiger partial charge in [0.15, 0.2) is 17.3 Å². The van der Waals surface area contributed by atoms with E-state index >= 15 is 0 Å². The summed E-state index contributed by atoms with van der Waals surface area (Å²) in [5.74, 6) is 0.482. The van der Waals surface area contributed by atoms with Gasteiger partial charge in [0.25, 0.3) is 0 Å². The molecule has 1 aromatic rings. The summed E-state index contributed by atoms with van der Waals surface area (Å²) in [4.78, 5) is 12.1. The molecular formula is C13H15NO3. The molecule has 0 aliphatic heterocycles. The lowest BCUT2D eigenvalue weighted by atomic mass is 9.96. The molecule has 1 unspecified atom stereocenters. The Hall–Kier alpha value is -2.02. The van der Waals surface area contributed by atoms with Gasteiger partial charge in [0.2, 0.25) is 0 Å². The number of hydrogen-bond donors (Lipinski definition) is 0. The Morgan fingerprint density at radius 1 is 1.41 bits per heavy atom. The van der Waals surface area contributed by atoms with Gasteiger partial charge in [0.05, 0.1) is 25.9 Å². The molecule has 0 fully saturated rings. The van der Waals surface area contributed by atoms with Crippen LogP contribution >= 0.6 is 0 Å². The maximum atomic E-state index is 12.1. The lowest BCUT2D eigenvalue weighted by Gasteiger charge is -2.13. The minimum Gasteiger partial charge on any atom is -0.493 e. The Morgan fingerprint density at radius 3 is 2.65 bits per heavy atom. The zero-order valence-corrected chi connectivity index (χ0v) is 10.2. The molecule has 4 nitrogen and oxygen atoms in total. The predicted molar refractivity (Wildman–Crippen MR) is 63.3 cm³/mol. The van der Waals surface area contributed by atoms with Crippen LogP contribution < -0.4 is 9.47 Å². The van der Waals surface area contributed by atoms with E-state index in [2.05, 4.69) is 0 Å². The largest absolute Gasteiger partial charge is 0.493 e. The Balaban J connectivity index is 3.14. The molecule has 0 amide bonds. The van der Waals surface area contributed by atoms with Gasteiger partial charge in [-0.05, 0) is 12.1 Å². The number of Topliss-reactive ketones (excluding diaryl/α,β-unsaturated/α-hetero) is 1. The Kier molecular flexibility index (Phi) is 4.53. The van der Waals surface area contributed by atoms with Crippen molar-refractivity contribution in [2.24, 2.45) is 5.92 Å². The first kappa shape index (κ1) is 13.0. The highest BCUT2D eigenvalue weighted by atomic mass is 16.5. The topological polar surface area (TPSA) is 59.3 Å². The SMILES string of the molecule is COc1cccc(C(=O)C(C)CC#N)c1OC. The second-order valence-corrected chi connectivity index (χ2v) is 3.67. The van der Waals surface area contributed by atoms with Crippen LogP contribution in [0.15, 0.2) is 18.2 Å². The number of ether oxygens (including phenoxy) is 2. The number of benzene rings is 1. The number of carbonyl (C=O) groups is 1. The molecule has 4 heteroatoms. The fraction of sp³-hybridized carbons (Fsp3) is 0.385. The minimum absolute atomic E-state index is 0.109. The maximum absolute atomic E-state index is 12.1. The Morgan fingerprint density at radius 2 is 2.12 bits per heavy atom. The molecule has 0 aromatic heterocycles. The molecule has 0 N–H and O–H groups in total. The normalized spacial score (nSPS) is 11.4. The van der Waals surface area contributed by atoms with Gasteiger partial charge < -0.3 is 9.47 Å². The molecule has 0 heterocycles. The molecule has 1 atom stereocenters. The number of methoxy groups -OCH3 is 2. The summed E-state index contributed by atoms with van der Waals surface area (Å²) in [5.41, 5.74) is 0.453. The van der Waals surface area contributed by atoms with E-state index in [1.54, 1.807) is 25.1 Å². The standard InChI is InChI=1S/C13H15NO3/c1-9(7-8-14)12(15)10-5-4-6-11(16-2)13(10)17-3/h4-6,9H,7H2,1-3H3. The summed E-state index contributed by atoms with van der Waals surface area (Å²) >= 11 is 0. The van der Waals surface area contributed by atoms with Gasteiger partial charge in [-0.1, -0.05) is 13.0 Å². The number of ketones is 1. The summed E-state index contributed by atoms with van der Waals surface area (Å²) in [6, 6.07) is 7.13. The number of nitriles is 1. The van der Waals surface area contributed by atoms with Crippen LogP contribution in [0.25, 0.3) is 0 Å². The summed E-state index contributed by atoms with van der Waals surface area (Å²) in [5, 5.41) is 8.60. The minimum atomic E-state index is -0.346. The van der Waals surface area contributed by atoms with Gasteiger partial charge in [-0.25, -0.2) is 0 Å². The smallest absolute Gasteiger partial charge is 0.171 e. The van der Waals surface area contributed by atoms with Crippen LogP contribution in [0.2, 0.25) is 0 Å². The average molecular weight is 233 g/mol. The fourth-order valence-electron chi connectivity index (χ4n) is 1.58. The zero-order valence-electron chi connectivity index (χ0n) is 10.2. The van der Waals surface area contributed by atoms with Crippen LogP contribution in [0.5, 0.6) is 11.5 Å². The van der Waals surface area contributed by atoms with Crippen LogP contribution in [0, 0.1) is 17.2 Å². The molecule has 1 aromatic carbocycles. The van der Waals surface area contributed by atoms with Crippen LogP contribution in [0.4, 0.5) is 0 Å². The fourth-order valence-corrected chi connectivity index (χ4v) is 1.58. The monoisotopic (exact) mass is 233 g/mol. The van der Waals surface area contributed by atoms with E-state index in [0.717, 1.165) is 0 Å². The van der Waals surface area contributed by atoms with Crippen molar-refractivity contribution in [3.63, 3.8) is 0 Å². The molecule has 90 valence electrons. The van der Waals surface area contributed by atoms with E-state index in [-0.39, 0.29) is 18.1 Å². The zero-order chi connectivity index (χ0) is 12.8. The van der Waals surface area contributed by atoms with Crippen molar-refractivity contribution in [3.8, 4) is 17.6 Å². The highest BCUT2D eigenvalue weighted by Crippen LogP contribution is 2.32. The molecule has 1 rings (SSSR count). The van der Waals surface area contributed by atoms with E-state index < -0.39 is 0 Å². The molecule has 0 radical (unpaired) electrons. The molecule has 17 heavy (non-hydrogen) atoms. The van der Waals surface area contributed by atoms with Crippen molar-refractivity contribution in [1.29, 1.82) is 5.26 Å². The van der Waals surface area contributed by atoms with Gasteiger partial charge in [0.1, 0.15) is 0 Å². The lowest BCUT2D eigenvalue weighted by molar-refractivity contribution is 0.0928. The number of carbonyl (C=O) groups excluding carboxylic acids is 1. The second kappa shape index (κ2) is 5.90. The quantitative estimate of drug-likeness (QED) is 0.733. The third kappa shape index (κ3) is 2.76. The first-order valence-electron chi connectivity index (χ1n) is 5.27. The highest BCUT2D eigenvalue weighted by Gasteiger charge is 2.21. The molecule has 0 saturated heterocycles. The van der Waals surface area contributed by atoms with Crippen LogP contribution in [-0.4, -0.2) is 20.0 Å². The van der Waals surface area contributed by atoms with Crippen molar-refractivity contribution in [1.82, 2.24) is 0 Å². The predicted octanol–water partition coefficient (Wildman–Crippen LogP) is 2.44. The summed E-state index contributed by atoms with van der Waals surface area (Å²) in [6.07, 6.45) is 0.194. The summed E-state index contributed by atoms with van der Waals surface area (Å²) < 4.78 is 10.3. The molecule has 0 bridgehead atoms. The first-order valence-corrected chi connectivity index (χ1v) is 5.27. The van der Waals surface area contributed by atoms with Crippen LogP contribution in [-0.2, 0) is 0 Å². The lowest BCUT2D eigenvalue weighted by Crippen LogP contribution is -2.12. The highest BCUT2D eigenvalue weighted by molar-refractivity contribution is 6.01. The van der Waals surface area contributed by atoms with E-state index in [1.165, 1.54) is 14.2 Å². The molecule has 0 aliphatic carbocycles. The second-order valence-electron chi connectivity index (χ2n) is 3.67. The third-order valence-corrected chi connectivity index (χ3v) is 2.51. The van der Waals surface area contributed by atoms with Gasteiger partial charge in [-0.15, -0.1) is 0 Å². The van der Waals surface area contributed by atoms with Crippen molar-refractivity contribution >= 4 is 5.78 Å². The van der Waals surface area contributed by atoms with Crippen molar-refractivity contribution in [2.45, 2.75) is 13.3 Å². The van der Waals surface area contributed by atoms with Crippen molar-refractivity contribution < 1.29 is 14.3 Å². The maximum Gasteiger partial charge on any atom is 0.171 e. The van der Waals surface area contributed by atoms with E-state index in [4.69, 9.17) is 14.7 Å².